The Morgan fingerprint density at radius 3 is 2.79 bits per heavy atom. The number of hydrogen-bond donors (Lipinski definition) is 0. The molecule has 0 fully saturated rings. The van der Waals surface area contributed by atoms with Gasteiger partial charge in [0.1, 0.15) is 5.69 Å². The Balaban J connectivity index is 2.05. The first kappa shape index (κ1) is 12.3. The Labute approximate surface area is 117 Å². The van der Waals surface area contributed by atoms with Gasteiger partial charge in [-0.25, -0.2) is 0 Å². The molecule has 3 aromatic rings. The standard InChI is InChI=1S/C12H10N4OS2/c1-18-12-15-16-10(17)9(13-14-11(16)19-12)7-8-5-3-2-4-6-8/h2-6H,7H2,1H3. The van der Waals surface area contributed by atoms with Crippen LogP contribution in [0.3, 0.4) is 0 Å². The summed E-state index contributed by atoms with van der Waals surface area (Å²) in [6.07, 6.45) is 2.39. The average Bonchev–Trinajstić information content (AvgIpc) is 2.87. The van der Waals surface area contributed by atoms with Gasteiger partial charge >= 0.3 is 0 Å². The maximum atomic E-state index is 12.3. The van der Waals surface area contributed by atoms with Crippen LogP contribution in [0, 0.1) is 0 Å². The van der Waals surface area contributed by atoms with E-state index < -0.39 is 0 Å². The number of rotatable bonds is 3. The van der Waals surface area contributed by atoms with Crippen molar-refractivity contribution in [3.05, 3.63) is 51.9 Å². The highest BCUT2D eigenvalue weighted by molar-refractivity contribution is 8.00. The molecular weight excluding hydrogens is 280 g/mol. The van der Waals surface area contributed by atoms with Crippen LogP contribution in [0.5, 0.6) is 0 Å². The number of hydrogen-bond acceptors (Lipinski definition) is 6. The van der Waals surface area contributed by atoms with E-state index in [0.29, 0.717) is 17.1 Å². The van der Waals surface area contributed by atoms with E-state index >= 15 is 0 Å². The van der Waals surface area contributed by atoms with Gasteiger partial charge in [-0.05, 0) is 11.8 Å². The van der Waals surface area contributed by atoms with Crippen molar-refractivity contribution < 1.29 is 0 Å². The molecule has 0 saturated heterocycles. The molecule has 0 bridgehead atoms. The predicted octanol–water partition coefficient (Wildman–Crippen LogP) is 1.86. The van der Waals surface area contributed by atoms with Gasteiger partial charge in [0.2, 0.25) is 4.96 Å². The lowest BCUT2D eigenvalue weighted by Crippen LogP contribution is -2.22. The second kappa shape index (κ2) is 5.10. The zero-order valence-electron chi connectivity index (χ0n) is 10.1. The van der Waals surface area contributed by atoms with Crippen molar-refractivity contribution in [2.75, 3.05) is 6.26 Å². The quantitative estimate of drug-likeness (QED) is 0.689. The zero-order valence-corrected chi connectivity index (χ0v) is 11.7. The number of fused-ring (bicyclic) bond motifs is 1. The van der Waals surface area contributed by atoms with Crippen LogP contribution < -0.4 is 5.56 Å². The van der Waals surface area contributed by atoms with Gasteiger partial charge in [0, 0.05) is 6.42 Å². The van der Waals surface area contributed by atoms with Crippen LogP contribution in [0.2, 0.25) is 0 Å². The number of benzene rings is 1. The summed E-state index contributed by atoms with van der Waals surface area (Å²) in [6, 6.07) is 9.74. The monoisotopic (exact) mass is 290 g/mol. The fourth-order valence-electron chi connectivity index (χ4n) is 1.71. The predicted molar refractivity (Wildman–Crippen MR) is 76.0 cm³/mol. The molecule has 2 heterocycles. The minimum Gasteiger partial charge on any atom is -0.265 e. The smallest absolute Gasteiger partial charge is 0.265 e. The van der Waals surface area contributed by atoms with Crippen molar-refractivity contribution in [2.24, 2.45) is 0 Å². The van der Waals surface area contributed by atoms with Crippen LogP contribution in [0.25, 0.3) is 4.96 Å². The van der Waals surface area contributed by atoms with Gasteiger partial charge in [0.05, 0.1) is 0 Å². The third-order valence-corrected chi connectivity index (χ3v) is 4.50. The Hall–Kier alpha value is -1.73. The normalized spacial score (nSPS) is 11.0. The first-order chi connectivity index (χ1) is 9.28. The van der Waals surface area contributed by atoms with E-state index in [-0.39, 0.29) is 5.56 Å². The zero-order chi connectivity index (χ0) is 13.2. The largest absolute Gasteiger partial charge is 0.297 e. The molecule has 7 heteroatoms. The van der Waals surface area contributed by atoms with Gasteiger partial charge in [-0.1, -0.05) is 53.4 Å². The molecule has 2 aromatic heterocycles. The van der Waals surface area contributed by atoms with E-state index in [0.717, 1.165) is 9.90 Å². The van der Waals surface area contributed by atoms with E-state index in [9.17, 15) is 4.79 Å². The highest BCUT2D eigenvalue weighted by atomic mass is 32.2. The fraction of sp³-hybridized carbons (Fsp3) is 0.167. The summed E-state index contributed by atoms with van der Waals surface area (Å²) in [7, 11) is 0. The van der Waals surface area contributed by atoms with Gasteiger partial charge < -0.3 is 0 Å². The summed E-state index contributed by atoms with van der Waals surface area (Å²) in [5.41, 5.74) is 1.27. The van der Waals surface area contributed by atoms with Crippen LogP contribution in [0.15, 0.2) is 39.5 Å². The first-order valence-corrected chi connectivity index (χ1v) is 7.65. The molecule has 0 aliphatic rings. The Kier molecular flexibility index (Phi) is 3.31. The fourth-order valence-corrected chi connectivity index (χ4v) is 3.00. The third kappa shape index (κ3) is 2.39. The summed E-state index contributed by atoms with van der Waals surface area (Å²) in [4.78, 5) is 12.8. The van der Waals surface area contributed by atoms with Crippen LogP contribution in [-0.2, 0) is 6.42 Å². The van der Waals surface area contributed by atoms with Crippen molar-refractivity contribution >= 4 is 28.1 Å². The molecule has 0 unspecified atom stereocenters. The van der Waals surface area contributed by atoms with Crippen molar-refractivity contribution in [3.63, 3.8) is 0 Å². The molecule has 0 spiro atoms. The molecule has 96 valence electrons. The number of thioether (sulfide) groups is 1. The lowest BCUT2D eigenvalue weighted by atomic mass is 10.1. The van der Waals surface area contributed by atoms with Gasteiger partial charge in [0.15, 0.2) is 4.34 Å². The van der Waals surface area contributed by atoms with Crippen molar-refractivity contribution in [1.82, 2.24) is 19.8 Å². The molecule has 19 heavy (non-hydrogen) atoms. The van der Waals surface area contributed by atoms with Gasteiger partial charge in [-0.2, -0.15) is 4.52 Å². The minimum absolute atomic E-state index is 0.189. The molecule has 0 amide bonds. The third-order valence-electron chi connectivity index (χ3n) is 2.63. The van der Waals surface area contributed by atoms with Crippen molar-refractivity contribution in [1.29, 1.82) is 0 Å². The Morgan fingerprint density at radius 2 is 2.05 bits per heavy atom. The van der Waals surface area contributed by atoms with Crippen LogP contribution in [0.4, 0.5) is 0 Å². The van der Waals surface area contributed by atoms with E-state index in [4.69, 9.17) is 0 Å². The summed E-state index contributed by atoms with van der Waals surface area (Å²) in [6.45, 7) is 0. The van der Waals surface area contributed by atoms with E-state index in [2.05, 4.69) is 15.3 Å². The van der Waals surface area contributed by atoms with E-state index in [1.54, 1.807) is 0 Å². The summed E-state index contributed by atoms with van der Waals surface area (Å²) < 4.78 is 2.14. The van der Waals surface area contributed by atoms with Crippen LogP contribution in [0.1, 0.15) is 11.3 Å². The summed E-state index contributed by atoms with van der Waals surface area (Å²) in [5, 5.41) is 12.3. The molecule has 0 aliphatic heterocycles. The maximum Gasteiger partial charge on any atom is 0.297 e. The highest BCUT2D eigenvalue weighted by Crippen LogP contribution is 2.19. The minimum atomic E-state index is -0.189. The summed E-state index contributed by atoms with van der Waals surface area (Å²) >= 11 is 2.86. The lowest BCUT2D eigenvalue weighted by Gasteiger charge is -1.99. The summed E-state index contributed by atoms with van der Waals surface area (Å²) in [5.74, 6) is 0. The van der Waals surface area contributed by atoms with Gasteiger partial charge in [-0.3, -0.25) is 4.79 Å². The van der Waals surface area contributed by atoms with E-state index in [1.807, 2.05) is 36.6 Å². The topological polar surface area (TPSA) is 60.2 Å². The molecule has 0 saturated carbocycles. The lowest BCUT2D eigenvalue weighted by molar-refractivity contribution is 0.788. The Bertz CT molecular complexity index is 766. The Morgan fingerprint density at radius 1 is 1.26 bits per heavy atom. The molecule has 0 radical (unpaired) electrons. The number of nitrogens with zero attached hydrogens (tertiary/aromatic N) is 4. The molecular formula is C12H10N4OS2. The average molecular weight is 290 g/mol. The molecule has 0 N–H and O–H groups in total. The second-order valence-electron chi connectivity index (χ2n) is 3.88. The number of aromatic nitrogens is 4. The van der Waals surface area contributed by atoms with Crippen molar-refractivity contribution in [2.45, 2.75) is 10.8 Å². The molecule has 3 rings (SSSR count). The molecule has 0 aliphatic carbocycles. The molecule has 0 atom stereocenters. The second-order valence-corrected chi connectivity index (χ2v) is 5.89. The first-order valence-electron chi connectivity index (χ1n) is 5.61. The van der Waals surface area contributed by atoms with Gasteiger partial charge in [0.25, 0.3) is 5.56 Å². The maximum absolute atomic E-state index is 12.3. The van der Waals surface area contributed by atoms with Gasteiger partial charge in [-0.15, -0.1) is 15.3 Å². The van der Waals surface area contributed by atoms with Crippen LogP contribution >= 0.6 is 23.1 Å². The highest BCUT2D eigenvalue weighted by Gasteiger charge is 2.11. The van der Waals surface area contributed by atoms with Crippen LogP contribution in [-0.4, -0.2) is 26.1 Å². The molecule has 1 aromatic carbocycles. The molecule has 5 nitrogen and oxygen atoms in total. The van der Waals surface area contributed by atoms with E-state index in [1.165, 1.54) is 27.6 Å². The SMILES string of the molecule is CSc1nn2c(=O)c(Cc3ccccc3)nnc2s1. The van der Waals surface area contributed by atoms with Crippen molar-refractivity contribution in [3.8, 4) is 0 Å².